The van der Waals surface area contributed by atoms with Gasteiger partial charge in [-0.3, -0.25) is 14.1 Å². The molecule has 1 heterocycles. The SMILES string of the molecule is CC/C=C\C/C=C\C/C=C\C/C=C\C/C=C\CCCC(=O)OC(COC(=O)CCCCCCC/C=C\C/C=C\CCCCC)COC1OC(CS(=O)(=O)O)C(O)C(O)C1O. The number of aliphatic hydroxyl groups excluding tert-OH is 3. The zero-order chi connectivity index (χ0) is 44.1. The first kappa shape index (κ1) is 54.8. The molecule has 0 aliphatic carbocycles. The maximum Gasteiger partial charge on any atom is 0.306 e. The van der Waals surface area contributed by atoms with Gasteiger partial charge in [0.25, 0.3) is 10.1 Å². The predicted octanol–water partition coefficient (Wildman–Crippen LogP) is 8.89. The summed E-state index contributed by atoms with van der Waals surface area (Å²) < 4.78 is 54.0. The highest BCUT2D eigenvalue weighted by Gasteiger charge is 2.46. The van der Waals surface area contributed by atoms with E-state index in [1.165, 1.54) is 19.3 Å². The summed E-state index contributed by atoms with van der Waals surface area (Å²) in [5.74, 6) is -2.09. The number of hydrogen-bond donors (Lipinski definition) is 4. The summed E-state index contributed by atoms with van der Waals surface area (Å²) in [6.45, 7) is 3.54. The Bertz CT molecular complexity index is 1430. The monoisotopic (exact) mass is 865 g/mol. The molecule has 1 aliphatic heterocycles. The first-order valence-corrected chi connectivity index (χ1v) is 23.8. The summed E-state index contributed by atoms with van der Waals surface area (Å²) in [5.41, 5.74) is 0. The van der Waals surface area contributed by atoms with Crippen LogP contribution in [0.25, 0.3) is 0 Å². The molecule has 4 N–H and O–H groups in total. The first-order chi connectivity index (χ1) is 29.0. The molecule has 0 aromatic rings. The fourth-order valence-corrected chi connectivity index (χ4v) is 6.73. The summed E-state index contributed by atoms with van der Waals surface area (Å²) >= 11 is 0. The summed E-state index contributed by atoms with van der Waals surface area (Å²) in [4.78, 5) is 25.4. The Labute approximate surface area is 360 Å². The van der Waals surface area contributed by atoms with Gasteiger partial charge in [0.15, 0.2) is 12.4 Å². The molecule has 0 saturated carbocycles. The van der Waals surface area contributed by atoms with Crippen molar-refractivity contribution < 1.29 is 56.8 Å². The van der Waals surface area contributed by atoms with Gasteiger partial charge in [0.05, 0.1) is 6.61 Å². The molecule has 0 bridgehead atoms. The van der Waals surface area contributed by atoms with Gasteiger partial charge < -0.3 is 34.3 Å². The molecule has 1 aliphatic rings. The van der Waals surface area contributed by atoms with E-state index in [0.29, 0.717) is 19.3 Å². The van der Waals surface area contributed by atoms with Gasteiger partial charge in [-0.2, -0.15) is 8.42 Å². The van der Waals surface area contributed by atoms with Crippen molar-refractivity contribution in [1.82, 2.24) is 0 Å². The van der Waals surface area contributed by atoms with Crippen LogP contribution in [-0.4, -0.2) is 96.0 Å². The molecule has 12 nitrogen and oxygen atoms in total. The van der Waals surface area contributed by atoms with Gasteiger partial charge in [-0.15, -0.1) is 0 Å². The lowest BCUT2D eigenvalue weighted by Gasteiger charge is -2.40. The van der Waals surface area contributed by atoms with E-state index in [1.54, 1.807) is 0 Å². The third kappa shape index (κ3) is 30.8. The Morgan fingerprint density at radius 3 is 1.62 bits per heavy atom. The second kappa shape index (κ2) is 36.5. The third-order valence-electron chi connectivity index (χ3n) is 9.46. The topological polar surface area (TPSA) is 186 Å². The maximum atomic E-state index is 12.8. The molecule has 0 spiro atoms. The number of rotatable bonds is 35. The number of aliphatic hydroxyl groups is 3. The van der Waals surface area contributed by atoms with Crippen molar-refractivity contribution in [1.29, 1.82) is 0 Å². The van der Waals surface area contributed by atoms with Crippen LogP contribution in [-0.2, 0) is 38.7 Å². The molecule has 1 saturated heterocycles. The van der Waals surface area contributed by atoms with Crippen LogP contribution in [0.15, 0.2) is 85.1 Å². The fourth-order valence-electron chi connectivity index (χ4n) is 6.03. The molecule has 1 rings (SSSR count). The van der Waals surface area contributed by atoms with Crippen LogP contribution < -0.4 is 0 Å². The van der Waals surface area contributed by atoms with E-state index in [0.717, 1.165) is 77.0 Å². The number of carbonyl (C=O) groups is 2. The van der Waals surface area contributed by atoms with Crippen molar-refractivity contribution in [3.8, 4) is 0 Å². The van der Waals surface area contributed by atoms with Crippen molar-refractivity contribution in [2.24, 2.45) is 0 Å². The van der Waals surface area contributed by atoms with Gasteiger partial charge in [0.2, 0.25) is 0 Å². The second-order valence-electron chi connectivity index (χ2n) is 15.0. The smallest absolute Gasteiger partial charge is 0.306 e. The maximum absolute atomic E-state index is 12.8. The lowest BCUT2D eigenvalue weighted by molar-refractivity contribution is -0.297. The fraction of sp³-hybridized carbons (Fsp3) is 0.660. The lowest BCUT2D eigenvalue weighted by Crippen LogP contribution is -2.60. The van der Waals surface area contributed by atoms with E-state index in [-0.39, 0.29) is 19.4 Å². The average Bonchev–Trinajstić information content (AvgIpc) is 3.21. The van der Waals surface area contributed by atoms with Gasteiger partial charge in [-0.1, -0.05) is 131 Å². The molecule has 342 valence electrons. The van der Waals surface area contributed by atoms with Crippen LogP contribution >= 0.6 is 0 Å². The number of hydrogen-bond acceptors (Lipinski definition) is 11. The minimum absolute atomic E-state index is 0.0780. The largest absolute Gasteiger partial charge is 0.462 e. The van der Waals surface area contributed by atoms with Crippen molar-refractivity contribution in [3.05, 3.63) is 85.1 Å². The van der Waals surface area contributed by atoms with Crippen molar-refractivity contribution in [2.45, 2.75) is 179 Å². The summed E-state index contributed by atoms with van der Waals surface area (Å²) in [5, 5.41) is 30.9. The van der Waals surface area contributed by atoms with Crippen LogP contribution in [0.4, 0.5) is 0 Å². The van der Waals surface area contributed by atoms with Crippen LogP contribution in [0.1, 0.15) is 142 Å². The molecule has 6 unspecified atom stereocenters. The van der Waals surface area contributed by atoms with Crippen LogP contribution in [0, 0.1) is 0 Å². The Morgan fingerprint density at radius 1 is 0.583 bits per heavy atom. The van der Waals surface area contributed by atoms with Crippen LogP contribution in [0.3, 0.4) is 0 Å². The molecule has 60 heavy (non-hydrogen) atoms. The van der Waals surface area contributed by atoms with E-state index in [2.05, 4.69) is 86.8 Å². The highest BCUT2D eigenvalue weighted by atomic mass is 32.2. The van der Waals surface area contributed by atoms with Gasteiger partial charge in [-0.25, -0.2) is 0 Å². The normalized spacial score (nSPS) is 20.9. The molecule has 0 aromatic carbocycles. The standard InChI is InChI=1S/C47H76O12S/c1-3-5-7-9-11-13-15-17-19-20-22-24-26-28-30-32-34-36-43(49)58-40(38-57-47-46(52)45(51)44(50)41(59-47)39-60(53,54)55)37-56-42(48)35-33-31-29-27-25-23-21-18-16-14-12-10-8-6-4-2/h5,7,11-14,17-19,21-22,24,28,30,40-41,44-47,50-52H,3-4,6,8-10,15-16,20,23,25-27,29,31-39H2,1-2H3,(H,53,54,55)/b7-5-,13-11-,14-12-,19-17-,21-18-,24-22-,30-28-. The minimum atomic E-state index is -4.62. The highest BCUT2D eigenvalue weighted by molar-refractivity contribution is 7.85. The van der Waals surface area contributed by atoms with Crippen molar-refractivity contribution in [2.75, 3.05) is 19.0 Å². The van der Waals surface area contributed by atoms with Crippen molar-refractivity contribution >= 4 is 22.1 Å². The lowest BCUT2D eigenvalue weighted by atomic mass is 10.00. The predicted molar refractivity (Wildman–Crippen MR) is 238 cm³/mol. The highest BCUT2D eigenvalue weighted by Crippen LogP contribution is 2.24. The molecule has 1 fully saturated rings. The molecule has 0 aromatic heterocycles. The van der Waals surface area contributed by atoms with Gasteiger partial charge >= 0.3 is 11.9 Å². The first-order valence-electron chi connectivity index (χ1n) is 22.1. The van der Waals surface area contributed by atoms with E-state index in [9.17, 15) is 37.9 Å². The van der Waals surface area contributed by atoms with E-state index in [4.69, 9.17) is 18.9 Å². The summed E-state index contributed by atoms with van der Waals surface area (Å²) in [7, 11) is -4.62. The van der Waals surface area contributed by atoms with Crippen LogP contribution in [0.2, 0.25) is 0 Å². The summed E-state index contributed by atoms with van der Waals surface area (Å²) in [6, 6.07) is 0. The number of allylic oxidation sites excluding steroid dienone is 14. The number of carbonyl (C=O) groups excluding carboxylic acids is 2. The van der Waals surface area contributed by atoms with Gasteiger partial charge in [0.1, 0.15) is 36.8 Å². The second-order valence-corrected chi connectivity index (χ2v) is 16.5. The average molecular weight is 865 g/mol. The number of esters is 2. The summed E-state index contributed by atoms with van der Waals surface area (Å²) in [6.07, 6.45) is 37.7. The zero-order valence-electron chi connectivity index (χ0n) is 36.3. The molecule has 13 heteroatoms. The quantitative estimate of drug-likeness (QED) is 0.0206. The van der Waals surface area contributed by atoms with Gasteiger partial charge in [0, 0.05) is 12.8 Å². The molecular formula is C47H76O12S. The number of unbranched alkanes of at least 4 members (excludes halogenated alkanes) is 9. The molecule has 0 radical (unpaired) electrons. The van der Waals surface area contributed by atoms with E-state index >= 15 is 0 Å². The molecule has 6 atom stereocenters. The van der Waals surface area contributed by atoms with E-state index in [1.807, 2.05) is 12.2 Å². The van der Waals surface area contributed by atoms with Crippen LogP contribution in [0.5, 0.6) is 0 Å². The Hall–Kier alpha value is -3.17. The van der Waals surface area contributed by atoms with Crippen molar-refractivity contribution in [3.63, 3.8) is 0 Å². The zero-order valence-corrected chi connectivity index (χ0v) is 37.1. The molecule has 0 amide bonds. The van der Waals surface area contributed by atoms with Gasteiger partial charge in [-0.05, 0) is 83.5 Å². The minimum Gasteiger partial charge on any atom is -0.462 e. The Balaban J connectivity index is 2.53. The number of ether oxygens (including phenoxy) is 4. The molecular weight excluding hydrogens is 789 g/mol. The Morgan fingerprint density at radius 2 is 1.07 bits per heavy atom. The Kier molecular flexibility index (Phi) is 33.3. The third-order valence-corrected chi connectivity index (χ3v) is 10.2. The van der Waals surface area contributed by atoms with E-state index < -0.39 is 71.2 Å².